The van der Waals surface area contributed by atoms with Crippen LogP contribution in [0.25, 0.3) is 0 Å². The van der Waals surface area contributed by atoms with Gasteiger partial charge in [0.25, 0.3) is 0 Å². The maximum Gasteiger partial charge on any atom is 0.182 e. The van der Waals surface area contributed by atoms with Crippen molar-refractivity contribution in [1.29, 1.82) is 0 Å². The lowest BCUT2D eigenvalue weighted by Gasteiger charge is -2.02. The van der Waals surface area contributed by atoms with Crippen molar-refractivity contribution in [2.45, 2.75) is 25.9 Å². The largest absolute Gasteiger partial charge is 0.384 e. The monoisotopic (exact) mass is 218 g/mol. The van der Waals surface area contributed by atoms with Crippen molar-refractivity contribution in [3.05, 3.63) is 17.7 Å². The van der Waals surface area contributed by atoms with Crippen LogP contribution in [0, 0.1) is 0 Å². The zero-order valence-electron chi connectivity index (χ0n) is 9.09. The average Bonchev–Trinajstić information content (AvgIpc) is 2.67. The van der Waals surface area contributed by atoms with Gasteiger partial charge in [0.1, 0.15) is 11.6 Å². The number of azo groups is 1. The van der Waals surface area contributed by atoms with Crippen LogP contribution >= 0.6 is 0 Å². The van der Waals surface area contributed by atoms with Gasteiger partial charge < -0.3 is 11.5 Å². The third-order valence-corrected chi connectivity index (χ3v) is 2.29. The Bertz CT molecular complexity index is 451. The lowest BCUT2D eigenvalue weighted by molar-refractivity contribution is 0.629. The number of aliphatic imine (C=N–C) groups is 1. The second-order valence-corrected chi connectivity index (χ2v) is 3.61. The van der Waals surface area contributed by atoms with Gasteiger partial charge in [-0.05, 0) is 18.6 Å². The topological polar surface area (TPSA) is 102 Å². The van der Waals surface area contributed by atoms with Gasteiger partial charge in [-0.1, -0.05) is 13.3 Å². The van der Waals surface area contributed by atoms with Crippen LogP contribution in [-0.4, -0.2) is 17.0 Å². The molecule has 1 aromatic heterocycles. The minimum absolute atomic E-state index is 0.0723. The van der Waals surface area contributed by atoms with Crippen molar-refractivity contribution in [3.8, 4) is 0 Å². The minimum Gasteiger partial charge on any atom is -0.384 e. The van der Waals surface area contributed by atoms with E-state index in [4.69, 9.17) is 11.5 Å². The summed E-state index contributed by atoms with van der Waals surface area (Å²) in [4.78, 5) is 8.32. The molecule has 4 N–H and O–H groups in total. The molecule has 0 saturated heterocycles. The Labute approximate surface area is 93.5 Å². The van der Waals surface area contributed by atoms with Crippen LogP contribution in [0.4, 0.5) is 11.6 Å². The Morgan fingerprint density at radius 3 is 2.81 bits per heavy atom. The summed E-state index contributed by atoms with van der Waals surface area (Å²) in [5.41, 5.74) is 12.0. The highest BCUT2D eigenvalue weighted by Crippen LogP contribution is 2.19. The average molecular weight is 218 g/mol. The second kappa shape index (κ2) is 4.26. The summed E-state index contributed by atoms with van der Waals surface area (Å²) >= 11 is 0. The predicted molar refractivity (Wildman–Crippen MR) is 63.2 cm³/mol. The fourth-order valence-electron chi connectivity index (χ4n) is 1.50. The number of aromatic nitrogens is 1. The first-order valence-corrected chi connectivity index (χ1v) is 5.21. The summed E-state index contributed by atoms with van der Waals surface area (Å²) in [6.45, 7) is 2.09. The van der Waals surface area contributed by atoms with E-state index in [2.05, 4.69) is 27.1 Å². The van der Waals surface area contributed by atoms with Gasteiger partial charge >= 0.3 is 0 Å². The molecule has 2 heterocycles. The standard InChI is InChI=1S/C10H14N6/c1-2-3-8-14-10(16-15-8)6-4-5-7(11)13-9(6)12/h4-5,8H,2-3H2,1H3,(H4,11,12,13). The molecule has 0 bridgehead atoms. The zero-order chi connectivity index (χ0) is 11.5. The first-order chi connectivity index (χ1) is 7.70. The number of nitrogens with two attached hydrogens (primary N) is 2. The molecule has 1 unspecified atom stereocenters. The van der Waals surface area contributed by atoms with Gasteiger partial charge in [-0.15, -0.1) is 5.11 Å². The Morgan fingerprint density at radius 2 is 2.12 bits per heavy atom. The normalized spacial score (nSPS) is 18.8. The molecule has 0 aromatic carbocycles. The van der Waals surface area contributed by atoms with Gasteiger partial charge in [-0.25, -0.2) is 9.98 Å². The molecule has 6 nitrogen and oxygen atoms in total. The van der Waals surface area contributed by atoms with Gasteiger partial charge in [0, 0.05) is 0 Å². The lowest BCUT2D eigenvalue weighted by atomic mass is 10.2. The van der Waals surface area contributed by atoms with Crippen LogP contribution in [0.2, 0.25) is 0 Å². The zero-order valence-corrected chi connectivity index (χ0v) is 9.09. The van der Waals surface area contributed by atoms with Crippen molar-refractivity contribution < 1.29 is 0 Å². The highest BCUT2D eigenvalue weighted by molar-refractivity contribution is 6.03. The summed E-state index contributed by atoms with van der Waals surface area (Å²) < 4.78 is 0. The number of rotatable bonds is 3. The summed E-state index contributed by atoms with van der Waals surface area (Å²) in [6.07, 6.45) is 1.85. The van der Waals surface area contributed by atoms with Crippen LogP contribution in [0.1, 0.15) is 25.3 Å². The molecule has 0 radical (unpaired) electrons. The molecule has 0 aliphatic carbocycles. The van der Waals surface area contributed by atoms with E-state index in [0.29, 0.717) is 23.0 Å². The van der Waals surface area contributed by atoms with Gasteiger partial charge in [0.15, 0.2) is 12.0 Å². The highest BCUT2D eigenvalue weighted by Gasteiger charge is 2.17. The third-order valence-electron chi connectivity index (χ3n) is 2.29. The number of hydrogen-bond donors (Lipinski definition) is 2. The molecule has 6 heteroatoms. The van der Waals surface area contributed by atoms with E-state index >= 15 is 0 Å². The number of amidine groups is 1. The van der Waals surface area contributed by atoms with Crippen molar-refractivity contribution in [2.24, 2.45) is 15.2 Å². The van der Waals surface area contributed by atoms with Crippen molar-refractivity contribution in [3.63, 3.8) is 0 Å². The molecule has 0 fully saturated rings. The maximum atomic E-state index is 5.75. The number of pyridine rings is 1. The Morgan fingerprint density at radius 1 is 1.31 bits per heavy atom. The van der Waals surface area contributed by atoms with Crippen LogP contribution in [0.5, 0.6) is 0 Å². The van der Waals surface area contributed by atoms with Crippen LogP contribution in [0.15, 0.2) is 27.4 Å². The molecule has 0 spiro atoms. The van der Waals surface area contributed by atoms with E-state index in [9.17, 15) is 0 Å². The lowest BCUT2D eigenvalue weighted by Crippen LogP contribution is -2.05. The van der Waals surface area contributed by atoms with Gasteiger partial charge in [-0.2, -0.15) is 5.11 Å². The highest BCUT2D eigenvalue weighted by atomic mass is 15.3. The molecule has 2 rings (SSSR count). The number of nitrogen functional groups attached to an aromatic ring is 2. The van der Waals surface area contributed by atoms with Gasteiger partial charge in [0.05, 0.1) is 5.56 Å². The van der Waals surface area contributed by atoms with E-state index in [0.717, 1.165) is 12.8 Å². The molecular formula is C10H14N6. The van der Waals surface area contributed by atoms with E-state index < -0.39 is 0 Å². The van der Waals surface area contributed by atoms with Gasteiger partial charge in [0.2, 0.25) is 0 Å². The summed E-state index contributed by atoms with van der Waals surface area (Å²) in [6, 6.07) is 3.45. The minimum atomic E-state index is -0.0723. The van der Waals surface area contributed by atoms with Crippen molar-refractivity contribution in [1.82, 2.24) is 4.98 Å². The van der Waals surface area contributed by atoms with Crippen LogP contribution in [-0.2, 0) is 0 Å². The number of anilines is 2. The predicted octanol–water partition coefficient (Wildman–Crippen LogP) is 1.58. The molecule has 0 amide bonds. The molecule has 84 valence electrons. The second-order valence-electron chi connectivity index (χ2n) is 3.61. The van der Waals surface area contributed by atoms with E-state index in [1.165, 1.54) is 0 Å². The Hall–Kier alpha value is -1.98. The fourth-order valence-corrected chi connectivity index (χ4v) is 1.50. The molecule has 1 aliphatic heterocycles. The fraction of sp³-hybridized carbons (Fsp3) is 0.400. The van der Waals surface area contributed by atoms with Gasteiger partial charge in [-0.3, -0.25) is 0 Å². The summed E-state index contributed by atoms with van der Waals surface area (Å²) in [5, 5.41) is 8.06. The molecule has 1 aliphatic rings. The summed E-state index contributed by atoms with van der Waals surface area (Å²) in [5.74, 6) is 1.28. The van der Waals surface area contributed by atoms with Crippen molar-refractivity contribution >= 4 is 17.5 Å². The Kier molecular flexibility index (Phi) is 2.80. The van der Waals surface area contributed by atoms with E-state index in [-0.39, 0.29) is 6.17 Å². The number of nitrogens with zero attached hydrogens (tertiary/aromatic N) is 4. The third kappa shape index (κ3) is 2.00. The Balaban J connectivity index is 2.26. The first-order valence-electron chi connectivity index (χ1n) is 5.21. The molecule has 16 heavy (non-hydrogen) atoms. The maximum absolute atomic E-state index is 5.75. The molecule has 0 saturated carbocycles. The SMILES string of the molecule is CCCC1N=NC(c2ccc(N)nc2N)=N1. The molecular weight excluding hydrogens is 204 g/mol. The van der Waals surface area contributed by atoms with Crippen LogP contribution in [0.3, 0.4) is 0 Å². The summed E-state index contributed by atoms with van der Waals surface area (Å²) in [7, 11) is 0. The molecule has 1 atom stereocenters. The van der Waals surface area contributed by atoms with E-state index in [1.807, 2.05) is 0 Å². The van der Waals surface area contributed by atoms with E-state index in [1.54, 1.807) is 12.1 Å². The molecule has 1 aromatic rings. The quantitative estimate of drug-likeness (QED) is 0.805. The van der Waals surface area contributed by atoms with Crippen LogP contribution < -0.4 is 11.5 Å². The van der Waals surface area contributed by atoms with Crippen molar-refractivity contribution in [2.75, 3.05) is 11.5 Å². The number of hydrogen-bond acceptors (Lipinski definition) is 6. The first kappa shape index (κ1) is 10.5. The smallest absolute Gasteiger partial charge is 0.182 e.